The fourth-order valence-corrected chi connectivity index (χ4v) is 2.69. The van der Waals surface area contributed by atoms with Crippen LogP contribution < -0.4 is 5.32 Å². The molecule has 0 radical (unpaired) electrons. The largest absolute Gasteiger partial charge is 0.454 e. The molecule has 1 N–H and O–H groups in total. The molecule has 7 nitrogen and oxygen atoms in total. The van der Waals surface area contributed by atoms with Gasteiger partial charge in [0.25, 0.3) is 5.91 Å². The van der Waals surface area contributed by atoms with Gasteiger partial charge in [-0.3, -0.25) is 19.7 Å². The summed E-state index contributed by atoms with van der Waals surface area (Å²) in [6.45, 7) is 1.73. The number of nitro groups is 1. The zero-order valence-electron chi connectivity index (χ0n) is 12.9. The van der Waals surface area contributed by atoms with E-state index >= 15 is 0 Å². The first-order chi connectivity index (χ1) is 11.0. The Labute approximate surface area is 134 Å². The monoisotopic (exact) mass is 320 g/mol. The number of aryl methyl sites for hydroxylation is 1. The lowest BCUT2D eigenvalue weighted by Crippen LogP contribution is -2.57. The van der Waals surface area contributed by atoms with Crippen LogP contribution in [0.25, 0.3) is 0 Å². The molecule has 2 rings (SSSR count). The van der Waals surface area contributed by atoms with Gasteiger partial charge in [0.15, 0.2) is 6.10 Å². The molecule has 0 aliphatic carbocycles. The van der Waals surface area contributed by atoms with E-state index in [4.69, 9.17) is 4.74 Å². The molecule has 1 saturated heterocycles. The van der Waals surface area contributed by atoms with E-state index in [1.54, 1.807) is 6.92 Å². The van der Waals surface area contributed by atoms with Gasteiger partial charge in [0, 0.05) is 23.8 Å². The van der Waals surface area contributed by atoms with Crippen LogP contribution in [0.15, 0.2) is 30.3 Å². The number of rotatable bonds is 6. The van der Waals surface area contributed by atoms with Gasteiger partial charge in [-0.2, -0.15) is 0 Å². The van der Waals surface area contributed by atoms with Gasteiger partial charge in [-0.1, -0.05) is 30.3 Å². The number of esters is 1. The van der Waals surface area contributed by atoms with E-state index in [9.17, 15) is 19.7 Å². The van der Waals surface area contributed by atoms with Gasteiger partial charge in [0.1, 0.15) is 0 Å². The smallest absolute Gasteiger partial charge is 0.325 e. The second kappa shape index (κ2) is 7.71. The summed E-state index contributed by atoms with van der Waals surface area (Å²) in [7, 11) is 0. The van der Waals surface area contributed by atoms with Crippen molar-refractivity contribution in [3.05, 3.63) is 46.0 Å². The van der Waals surface area contributed by atoms with Crippen LogP contribution in [0.4, 0.5) is 0 Å². The normalized spacial score (nSPS) is 23.9. The van der Waals surface area contributed by atoms with Crippen molar-refractivity contribution in [3.8, 4) is 0 Å². The van der Waals surface area contributed by atoms with Crippen LogP contribution in [0.1, 0.15) is 31.7 Å². The van der Waals surface area contributed by atoms with Crippen molar-refractivity contribution in [2.75, 3.05) is 0 Å². The molecule has 124 valence electrons. The van der Waals surface area contributed by atoms with Gasteiger partial charge in [-0.25, -0.2) is 0 Å². The molecular weight excluding hydrogens is 300 g/mol. The van der Waals surface area contributed by atoms with Crippen LogP contribution in [0.3, 0.4) is 0 Å². The van der Waals surface area contributed by atoms with Gasteiger partial charge in [-0.05, 0) is 25.3 Å². The number of carbonyl (C=O) groups excluding carboxylic acids is 2. The molecular formula is C16H20N2O5. The molecule has 0 spiro atoms. The topological polar surface area (TPSA) is 98.5 Å². The molecule has 0 saturated carbocycles. The summed E-state index contributed by atoms with van der Waals surface area (Å²) in [4.78, 5) is 33.9. The van der Waals surface area contributed by atoms with E-state index in [2.05, 4.69) is 5.32 Å². The number of nitrogens with zero attached hydrogens (tertiary/aromatic N) is 1. The van der Waals surface area contributed by atoms with Gasteiger partial charge >= 0.3 is 12.0 Å². The van der Waals surface area contributed by atoms with Crippen molar-refractivity contribution >= 4 is 11.9 Å². The van der Waals surface area contributed by atoms with Crippen LogP contribution in [-0.2, 0) is 20.7 Å². The lowest BCUT2D eigenvalue weighted by Gasteiger charge is -2.29. The first kappa shape index (κ1) is 16.9. The van der Waals surface area contributed by atoms with Crippen molar-refractivity contribution in [2.24, 2.45) is 0 Å². The first-order valence-corrected chi connectivity index (χ1v) is 7.64. The molecule has 1 aromatic rings. The third-order valence-corrected chi connectivity index (χ3v) is 3.79. The van der Waals surface area contributed by atoms with E-state index in [-0.39, 0.29) is 18.9 Å². The van der Waals surface area contributed by atoms with E-state index in [0.29, 0.717) is 6.42 Å². The average molecular weight is 320 g/mol. The highest BCUT2D eigenvalue weighted by Gasteiger charge is 2.46. The SMILES string of the molecule is CC1CC(OC(=O)CCCc2ccccc2)C([N+](=O)[O-])C(=O)N1. The minimum Gasteiger partial charge on any atom is -0.454 e. The summed E-state index contributed by atoms with van der Waals surface area (Å²) < 4.78 is 5.20. The first-order valence-electron chi connectivity index (χ1n) is 7.64. The van der Waals surface area contributed by atoms with Crippen molar-refractivity contribution < 1.29 is 19.2 Å². The van der Waals surface area contributed by atoms with Crippen LogP contribution in [0.5, 0.6) is 0 Å². The highest BCUT2D eigenvalue weighted by atomic mass is 16.6. The lowest BCUT2D eigenvalue weighted by atomic mass is 9.98. The number of benzene rings is 1. The van der Waals surface area contributed by atoms with Crippen molar-refractivity contribution in [1.82, 2.24) is 5.32 Å². The quantitative estimate of drug-likeness (QED) is 0.486. The Morgan fingerprint density at radius 3 is 2.74 bits per heavy atom. The second-order valence-electron chi connectivity index (χ2n) is 5.74. The minimum atomic E-state index is -1.52. The van der Waals surface area contributed by atoms with Crippen molar-refractivity contribution in [2.45, 2.75) is 50.8 Å². The average Bonchev–Trinajstić information content (AvgIpc) is 2.47. The maximum Gasteiger partial charge on any atom is 0.325 e. The highest BCUT2D eigenvalue weighted by Crippen LogP contribution is 2.18. The number of carbonyl (C=O) groups is 2. The molecule has 1 aliphatic heterocycles. The summed E-state index contributed by atoms with van der Waals surface area (Å²) in [5.41, 5.74) is 1.12. The zero-order valence-corrected chi connectivity index (χ0v) is 12.9. The van der Waals surface area contributed by atoms with E-state index < -0.39 is 28.9 Å². The predicted octanol–water partition coefficient (Wildman–Crippen LogP) is 1.47. The summed E-state index contributed by atoms with van der Waals surface area (Å²) in [6.07, 6.45) is 0.752. The standard InChI is InChI=1S/C16H20N2O5/c1-11-10-13(15(18(21)22)16(20)17-11)23-14(19)9-5-8-12-6-3-2-4-7-12/h2-4,6-7,11,13,15H,5,8-10H2,1H3,(H,17,20). The fourth-order valence-electron chi connectivity index (χ4n) is 2.69. The maximum atomic E-state index is 11.9. The molecule has 0 aromatic heterocycles. The van der Waals surface area contributed by atoms with Crippen LogP contribution in [0, 0.1) is 10.1 Å². The van der Waals surface area contributed by atoms with Gasteiger partial charge in [-0.15, -0.1) is 0 Å². The van der Waals surface area contributed by atoms with Crippen LogP contribution in [0.2, 0.25) is 0 Å². The van der Waals surface area contributed by atoms with E-state index in [1.165, 1.54) is 0 Å². The Morgan fingerprint density at radius 2 is 2.09 bits per heavy atom. The third kappa shape index (κ3) is 4.77. The number of hydrogen-bond donors (Lipinski definition) is 1. The van der Waals surface area contributed by atoms with Crippen LogP contribution in [-0.4, -0.2) is 35.0 Å². The Balaban J connectivity index is 1.85. The Bertz CT molecular complexity index is 575. The number of nitrogens with one attached hydrogen (secondary N) is 1. The summed E-state index contributed by atoms with van der Waals surface area (Å²) in [5.74, 6) is -1.20. The van der Waals surface area contributed by atoms with E-state index in [1.807, 2.05) is 30.3 Å². The number of ether oxygens (including phenoxy) is 1. The molecule has 3 unspecified atom stereocenters. The Morgan fingerprint density at radius 1 is 1.39 bits per heavy atom. The van der Waals surface area contributed by atoms with Crippen molar-refractivity contribution in [1.29, 1.82) is 0 Å². The minimum absolute atomic E-state index is 0.172. The van der Waals surface area contributed by atoms with Crippen LogP contribution >= 0.6 is 0 Å². The number of hydrogen-bond acceptors (Lipinski definition) is 5. The molecule has 3 atom stereocenters. The molecule has 1 heterocycles. The summed E-state index contributed by atoms with van der Waals surface area (Å²) in [6, 6.07) is 7.95. The van der Waals surface area contributed by atoms with Gasteiger partial charge < -0.3 is 10.1 Å². The second-order valence-corrected chi connectivity index (χ2v) is 5.74. The number of amides is 1. The highest BCUT2D eigenvalue weighted by molar-refractivity contribution is 5.83. The summed E-state index contributed by atoms with van der Waals surface area (Å²) >= 11 is 0. The molecule has 7 heteroatoms. The summed E-state index contributed by atoms with van der Waals surface area (Å²) in [5, 5.41) is 13.5. The maximum absolute atomic E-state index is 11.9. The zero-order chi connectivity index (χ0) is 16.8. The fraction of sp³-hybridized carbons (Fsp3) is 0.500. The molecule has 1 fully saturated rings. The van der Waals surface area contributed by atoms with Gasteiger partial charge in [0.05, 0.1) is 0 Å². The number of piperidine rings is 1. The molecule has 0 bridgehead atoms. The van der Waals surface area contributed by atoms with Gasteiger partial charge in [0.2, 0.25) is 0 Å². The predicted molar refractivity (Wildman–Crippen MR) is 82.3 cm³/mol. The Kier molecular flexibility index (Phi) is 5.67. The third-order valence-electron chi connectivity index (χ3n) is 3.79. The molecule has 1 aliphatic rings. The lowest BCUT2D eigenvalue weighted by molar-refractivity contribution is -0.520. The molecule has 1 amide bonds. The van der Waals surface area contributed by atoms with E-state index in [0.717, 1.165) is 12.0 Å². The van der Waals surface area contributed by atoms with Crippen molar-refractivity contribution in [3.63, 3.8) is 0 Å². The Hall–Kier alpha value is -2.44. The molecule has 23 heavy (non-hydrogen) atoms. The molecule has 1 aromatic carbocycles.